The molecule has 1 atom stereocenters. The zero-order valence-corrected chi connectivity index (χ0v) is 13.3. The van der Waals surface area contributed by atoms with Gasteiger partial charge in [0.25, 0.3) is 0 Å². The second-order valence-corrected chi connectivity index (χ2v) is 5.68. The highest BCUT2D eigenvalue weighted by molar-refractivity contribution is 6.31. The molecule has 0 fully saturated rings. The minimum Gasteiger partial charge on any atom is -0.310 e. The Morgan fingerprint density at radius 2 is 2.00 bits per heavy atom. The fraction of sp³-hybridized carbons (Fsp3) is 0.389. The van der Waals surface area contributed by atoms with E-state index in [0.29, 0.717) is 6.04 Å². The molecule has 2 rings (SSSR count). The molecule has 2 aromatic rings. The van der Waals surface area contributed by atoms with Crippen molar-refractivity contribution in [1.29, 1.82) is 0 Å². The van der Waals surface area contributed by atoms with E-state index in [1.807, 2.05) is 12.3 Å². The van der Waals surface area contributed by atoms with Crippen LogP contribution in [0.25, 0.3) is 0 Å². The van der Waals surface area contributed by atoms with Gasteiger partial charge in [-0.3, -0.25) is 4.98 Å². The Balaban J connectivity index is 1.92. The maximum absolute atomic E-state index is 6.16. The van der Waals surface area contributed by atoms with Crippen LogP contribution in [0.5, 0.6) is 0 Å². The first-order chi connectivity index (χ1) is 10.3. The van der Waals surface area contributed by atoms with E-state index in [1.54, 1.807) is 6.20 Å². The molecule has 1 aromatic carbocycles. The van der Waals surface area contributed by atoms with Gasteiger partial charge in [0.15, 0.2) is 0 Å². The van der Waals surface area contributed by atoms with E-state index in [1.165, 1.54) is 11.1 Å². The SMILES string of the molecule is CCCNC(CCCc1ccncc1Cl)c1ccccc1. The summed E-state index contributed by atoms with van der Waals surface area (Å²) < 4.78 is 0. The van der Waals surface area contributed by atoms with E-state index in [0.717, 1.165) is 37.3 Å². The lowest BCUT2D eigenvalue weighted by atomic mass is 9.99. The quantitative estimate of drug-likeness (QED) is 0.757. The van der Waals surface area contributed by atoms with E-state index in [4.69, 9.17) is 11.6 Å². The van der Waals surface area contributed by atoms with Crippen molar-refractivity contribution in [1.82, 2.24) is 10.3 Å². The molecule has 0 spiro atoms. The van der Waals surface area contributed by atoms with E-state index >= 15 is 0 Å². The number of aryl methyl sites for hydroxylation is 1. The third kappa shape index (κ3) is 5.14. The van der Waals surface area contributed by atoms with Crippen molar-refractivity contribution in [2.45, 2.75) is 38.6 Å². The number of aromatic nitrogens is 1. The van der Waals surface area contributed by atoms with Gasteiger partial charge >= 0.3 is 0 Å². The summed E-state index contributed by atoms with van der Waals surface area (Å²) in [6, 6.07) is 13.1. The van der Waals surface area contributed by atoms with Crippen LogP contribution in [0.3, 0.4) is 0 Å². The van der Waals surface area contributed by atoms with Crippen molar-refractivity contribution in [3.8, 4) is 0 Å². The molecule has 0 saturated heterocycles. The Morgan fingerprint density at radius 1 is 1.19 bits per heavy atom. The molecule has 0 aliphatic rings. The Morgan fingerprint density at radius 3 is 2.71 bits per heavy atom. The van der Waals surface area contributed by atoms with Crippen molar-refractivity contribution >= 4 is 11.6 Å². The second kappa shape index (κ2) is 8.81. The van der Waals surface area contributed by atoms with Gasteiger partial charge < -0.3 is 5.32 Å². The number of hydrogen-bond donors (Lipinski definition) is 1. The molecule has 0 amide bonds. The molecule has 0 bridgehead atoms. The summed E-state index contributed by atoms with van der Waals surface area (Å²) in [5.74, 6) is 0. The van der Waals surface area contributed by atoms with Gasteiger partial charge in [-0.25, -0.2) is 0 Å². The summed E-state index contributed by atoms with van der Waals surface area (Å²) in [5, 5.41) is 4.41. The van der Waals surface area contributed by atoms with Crippen molar-refractivity contribution in [3.63, 3.8) is 0 Å². The Hall–Kier alpha value is -1.38. The predicted octanol–water partition coefficient (Wildman–Crippen LogP) is 4.80. The molecule has 2 nitrogen and oxygen atoms in total. The fourth-order valence-electron chi connectivity index (χ4n) is 2.49. The van der Waals surface area contributed by atoms with Crippen molar-refractivity contribution in [3.05, 3.63) is 64.9 Å². The van der Waals surface area contributed by atoms with Gasteiger partial charge in [-0.1, -0.05) is 48.9 Å². The maximum atomic E-state index is 6.16. The van der Waals surface area contributed by atoms with Gasteiger partial charge in [-0.2, -0.15) is 0 Å². The minimum atomic E-state index is 0.423. The molecule has 1 heterocycles. The van der Waals surface area contributed by atoms with Crippen LogP contribution in [0.1, 0.15) is 43.4 Å². The van der Waals surface area contributed by atoms with Crippen LogP contribution in [-0.2, 0) is 6.42 Å². The molecule has 0 saturated carbocycles. The van der Waals surface area contributed by atoms with Crippen molar-refractivity contribution < 1.29 is 0 Å². The van der Waals surface area contributed by atoms with Gasteiger partial charge in [0, 0.05) is 18.4 Å². The minimum absolute atomic E-state index is 0.423. The lowest BCUT2D eigenvalue weighted by Gasteiger charge is -2.19. The number of benzene rings is 1. The number of pyridine rings is 1. The molecule has 3 heteroatoms. The van der Waals surface area contributed by atoms with Gasteiger partial charge in [-0.05, 0) is 49.4 Å². The number of nitrogens with one attached hydrogen (secondary N) is 1. The average molecular weight is 303 g/mol. The summed E-state index contributed by atoms with van der Waals surface area (Å²) >= 11 is 6.16. The summed E-state index contributed by atoms with van der Waals surface area (Å²) in [6.07, 6.45) is 7.91. The zero-order chi connectivity index (χ0) is 14.9. The molecule has 0 aliphatic heterocycles. The second-order valence-electron chi connectivity index (χ2n) is 5.28. The Labute approximate surface area is 132 Å². The number of rotatable bonds is 8. The summed E-state index contributed by atoms with van der Waals surface area (Å²) in [7, 11) is 0. The van der Waals surface area contributed by atoms with E-state index in [2.05, 4.69) is 47.6 Å². The van der Waals surface area contributed by atoms with Crippen LogP contribution in [0.15, 0.2) is 48.8 Å². The molecule has 0 radical (unpaired) electrons. The van der Waals surface area contributed by atoms with Crippen LogP contribution < -0.4 is 5.32 Å². The van der Waals surface area contributed by atoms with Crippen LogP contribution in [-0.4, -0.2) is 11.5 Å². The standard InChI is InChI=1S/C18H23ClN2/c1-2-12-21-18(16-7-4-3-5-8-16)10-6-9-15-11-13-20-14-17(15)19/h3-5,7-8,11,13-14,18,21H,2,6,9-10,12H2,1H3. The summed E-state index contributed by atoms with van der Waals surface area (Å²) in [4.78, 5) is 4.03. The summed E-state index contributed by atoms with van der Waals surface area (Å²) in [6.45, 7) is 3.25. The zero-order valence-electron chi connectivity index (χ0n) is 12.6. The molecule has 0 aliphatic carbocycles. The summed E-state index contributed by atoms with van der Waals surface area (Å²) in [5.41, 5.74) is 2.56. The van der Waals surface area contributed by atoms with Crippen LogP contribution >= 0.6 is 11.6 Å². The monoisotopic (exact) mass is 302 g/mol. The lowest BCUT2D eigenvalue weighted by molar-refractivity contribution is 0.484. The van der Waals surface area contributed by atoms with E-state index in [9.17, 15) is 0 Å². The van der Waals surface area contributed by atoms with Crippen LogP contribution in [0, 0.1) is 0 Å². The first kappa shape index (κ1) is 16.0. The number of nitrogens with zero attached hydrogens (tertiary/aromatic N) is 1. The van der Waals surface area contributed by atoms with Crippen LogP contribution in [0.2, 0.25) is 5.02 Å². The number of hydrogen-bond acceptors (Lipinski definition) is 2. The van der Waals surface area contributed by atoms with Gasteiger partial charge in [0.2, 0.25) is 0 Å². The Bertz CT molecular complexity index is 528. The van der Waals surface area contributed by atoms with Gasteiger partial charge in [-0.15, -0.1) is 0 Å². The molecule has 21 heavy (non-hydrogen) atoms. The molecular formula is C18H23ClN2. The third-order valence-corrected chi connectivity index (χ3v) is 3.98. The molecular weight excluding hydrogens is 280 g/mol. The average Bonchev–Trinajstić information content (AvgIpc) is 2.53. The topological polar surface area (TPSA) is 24.9 Å². The highest BCUT2D eigenvalue weighted by atomic mass is 35.5. The molecule has 1 N–H and O–H groups in total. The highest BCUT2D eigenvalue weighted by Crippen LogP contribution is 2.21. The number of halogens is 1. The third-order valence-electron chi connectivity index (χ3n) is 3.64. The Kier molecular flexibility index (Phi) is 6.71. The molecule has 1 aromatic heterocycles. The van der Waals surface area contributed by atoms with E-state index < -0.39 is 0 Å². The van der Waals surface area contributed by atoms with Crippen molar-refractivity contribution in [2.24, 2.45) is 0 Å². The fourth-order valence-corrected chi connectivity index (χ4v) is 2.71. The first-order valence-corrected chi connectivity index (χ1v) is 8.05. The maximum Gasteiger partial charge on any atom is 0.0621 e. The largest absolute Gasteiger partial charge is 0.310 e. The smallest absolute Gasteiger partial charge is 0.0621 e. The van der Waals surface area contributed by atoms with Gasteiger partial charge in [0.05, 0.1) is 5.02 Å². The lowest BCUT2D eigenvalue weighted by Crippen LogP contribution is -2.22. The molecule has 1 unspecified atom stereocenters. The van der Waals surface area contributed by atoms with Crippen molar-refractivity contribution in [2.75, 3.05) is 6.54 Å². The van der Waals surface area contributed by atoms with E-state index in [-0.39, 0.29) is 0 Å². The normalized spacial score (nSPS) is 12.3. The van der Waals surface area contributed by atoms with Gasteiger partial charge in [0.1, 0.15) is 0 Å². The van der Waals surface area contributed by atoms with Crippen LogP contribution in [0.4, 0.5) is 0 Å². The first-order valence-electron chi connectivity index (χ1n) is 7.68. The predicted molar refractivity (Wildman–Crippen MR) is 89.7 cm³/mol. The molecule has 112 valence electrons. The highest BCUT2D eigenvalue weighted by Gasteiger charge is 2.10.